The highest BCUT2D eigenvalue weighted by molar-refractivity contribution is 5.86. The second-order valence-corrected chi connectivity index (χ2v) is 4.93. The zero-order valence-corrected chi connectivity index (χ0v) is 11.3. The summed E-state index contributed by atoms with van der Waals surface area (Å²) < 4.78 is 0. The van der Waals surface area contributed by atoms with Gasteiger partial charge in [0.1, 0.15) is 5.84 Å². The molecule has 0 unspecified atom stereocenters. The highest BCUT2D eigenvalue weighted by atomic mass is 16.9. The van der Waals surface area contributed by atoms with Gasteiger partial charge in [0.2, 0.25) is 0 Å². The third-order valence-corrected chi connectivity index (χ3v) is 3.59. The van der Waals surface area contributed by atoms with Crippen LogP contribution in [0.3, 0.4) is 0 Å². The summed E-state index contributed by atoms with van der Waals surface area (Å²) in [4.78, 5) is 12.8. The largest absolute Gasteiger partial charge is 0.372 e. The van der Waals surface area contributed by atoms with E-state index in [0.717, 1.165) is 19.5 Å². The normalized spacial score (nSPS) is 16.3. The Kier molecular flexibility index (Phi) is 4.92. The maximum absolute atomic E-state index is 8.36. The molecule has 3 rings (SSSR count). The Morgan fingerprint density at radius 1 is 1.35 bits per heavy atom. The van der Waals surface area contributed by atoms with Crippen LogP contribution in [0.1, 0.15) is 29.5 Å². The third kappa shape index (κ3) is 3.94. The molecule has 0 radical (unpaired) electrons. The van der Waals surface area contributed by atoms with E-state index in [-0.39, 0.29) is 0 Å². The average Bonchev–Trinajstić information content (AvgIpc) is 2.91. The molecule has 6 nitrogen and oxygen atoms in total. The Hall–Kier alpha value is -2.11. The van der Waals surface area contributed by atoms with Crippen LogP contribution in [0.2, 0.25) is 0 Å². The van der Waals surface area contributed by atoms with Crippen LogP contribution in [0.15, 0.2) is 23.2 Å². The number of nitrogens with one attached hydrogen (secondary N) is 1. The number of aryl methyl sites for hydroxylation is 1. The van der Waals surface area contributed by atoms with Gasteiger partial charge in [-0.05, 0) is 42.4 Å². The van der Waals surface area contributed by atoms with Crippen molar-refractivity contribution in [3.8, 4) is 0 Å². The van der Waals surface area contributed by atoms with Gasteiger partial charge in [-0.3, -0.25) is 4.99 Å². The van der Waals surface area contributed by atoms with E-state index >= 15 is 0 Å². The van der Waals surface area contributed by atoms with Crippen molar-refractivity contribution in [1.82, 2.24) is 5.32 Å². The molecule has 0 atom stereocenters. The number of hydrogen-bond acceptors (Lipinski definition) is 4. The van der Waals surface area contributed by atoms with Gasteiger partial charge in [0.25, 0.3) is 5.09 Å². The molecule has 0 saturated heterocycles. The Balaban J connectivity index is 0.000000328. The standard InChI is InChI=1S/C14H18N2.HNO3/c1-2-7-13-11(4-1)5-3-6-12(13)10-14-15-8-9-16-14;2-1(3)4/h3,5-6H,1-2,4,7-10H2,(H,15,16);(H,2,3,4). The fourth-order valence-electron chi connectivity index (χ4n) is 2.77. The quantitative estimate of drug-likeness (QED) is 0.637. The van der Waals surface area contributed by atoms with Gasteiger partial charge in [0.05, 0.1) is 6.54 Å². The van der Waals surface area contributed by atoms with Gasteiger partial charge in [0, 0.05) is 13.0 Å². The summed E-state index contributed by atoms with van der Waals surface area (Å²) in [6.45, 7) is 1.97. The molecule has 20 heavy (non-hydrogen) atoms. The van der Waals surface area contributed by atoms with Crippen LogP contribution in [-0.2, 0) is 19.3 Å². The van der Waals surface area contributed by atoms with E-state index in [1.54, 1.807) is 11.1 Å². The van der Waals surface area contributed by atoms with E-state index < -0.39 is 5.09 Å². The van der Waals surface area contributed by atoms with E-state index in [1.165, 1.54) is 37.1 Å². The second kappa shape index (κ2) is 6.88. The Morgan fingerprint density at radius 3 is 2.80 bits per heavy atom. The van der Waals surface area contributed by atoms with Crippen molar-refractivity contribution in [2.75, 3.05) is 13.1 Å². The van der Waals surface area contributed by atoms with Crippen LogP contribution in [0.25, 0.3) is 0 Å². The van der Waals surface area contributed by atoms with Gasteiger partial charge in [-0.1, -0.05) is 18.2 Å². The summed E-state index contributed by atoms with van der Waals surface area (Å²) >= 11 is 0. The van der Waals surface area contributed by atoms with E-state index in [4.69, 9.17) is 15.3 Å². The number of nitrogens with zero attached hydrogens (tertiary/aromatic N) is 2. The first kappa shape index (κ1) is 14.3. The highest BCUT2D eigenvalue weighted by Crippen LogP contribution is 2.24. The molecule has 6 heteroatoms. The Bertz CT molecular complexity index is 510. The van der Waals surface area contributed by atoms with Crippen LogP contribution in [0.5, 0.6) is 0 Å². The lowest BCUT2D eigenvalue weighted by atomic mass is 9.87. The zero-order valence-electron chi connectivity index (χ0n) is 11.3. The summed E-state index contributed by atoms with van der Waals surface area (Å²) in [5.41, 5.74) is 4.66. The zero-order chi connectivity index (χ0) is 14.4. The van der Waals surface area contributed by atoms with Crippen LogP contribution < -0.4 is 5.32 Å². The van der Waals surface area contributed by atoms with Gasteiger partial charge in [-0.25, -0.2) is 0 Å². The highest BCUT2D eigenvalue weighted by Gasteiger charge is 2.14. The number of benzene rings is 1. The van der Waals surface area contributed by atoms with Crippen LogP contribution in [-0.4, -0.2) is 29.2 Å². The average molecular weight is 277 g/mol. The van der Waals surface area contributed by atoms with E-state index in [0.29, 0.717) is 0 Å². The molecule has 0 fully saturated rings. The molecule has 0 spiro atoms. The SMILES string of the molecule is O=[N+]([O-])O.c1cc2c(c(CC3=NCCN3)c1)CCCC2. The molecule has 108 valence electrons. The van der Waals surface area contributed by atoms with Crippen molar-refractivity contribution in [2.45, 2.75) is 32.1 Å². The number of rotatable bonds is 2. The predicted molar refractivity (Wildman–Crippen MR) is 75.9 cm³/mol. The molecule has 1 aliphatic carbocycles. The van der Waals surface area contributed by atoms with Gasteiger partial charge >= 0.3 is 0 Å². The van der Waals surface area contributed by atoms with Crippen molar-refractivity contribution in [3.63, 3.8) is 0 Å². The molecule has 2 N–H and O–H groups in total. The lowest BCUT2D eigenvalue weighted by molar-refractivity contribution is -0.742. The van der Waals surface area contributed by atoms with Gasteiger partial charge in [0.15, 0.2) is 0 Å². The lowest BCUT2D eigenvalue weighted by Gasteiger charge is -2.19. The minimum Gasteiger partial charge on any atom is -0.372 e. The van der Waals surface area contributed by atoms with Crippen LogP contribution in [0.4, 0.5) is 0 Å². The van der Waals surface area contributed by atoms with Gasteiger partial charge in [-0.15, -0.1) is 10.1 Å². The monoisotopic (exact) mass is 277 g/mol. The maximum atomic E-state index is 8.36. The first-order valence-electron chi connectivity index (χ1n) is 6.87. The van der Waals surface area contributed by atoms with E-state index in [1.807, 2.05) is 0 Å². The smallest absolute Gasteiger partial charge is 0.291 e. The molecule has 0 bridgehead atoms. The molecular weight excluding hydrogens is 258 g/mol. The Morgan fingerprint density at radius 2 is 2.10 bits per heavy atom. The maximum Gasteiger partial charge on any atom is 0.291 e. The van der Waals surface area contributed by atoms with Gasteiger partial charge in [-0.2, -0.15) is 0 Å². The third-order valence-electron chi connectivity index (χ3n) is 3.59. The van der Waals surface area contributed by atoms with E-state index in [2.05, 4.69) is 28.5 Å². The fraction of sp³-hybridized carbons (Fsp3) is 0.500. The molecule has 1 aliphatic heterocycles. The molecular formula is C14H19N3O3. The topological polar surface area (TPSA) is 87.8 Å². The van der Waals surface area contributed by atoms with Crippen LogP contribution in [0, 0.1) is 10.1 Å². The molecule has 0 saturated carbocycles. The number of amidine groups is 1. The number of hydrogen-bond donors (Lipinski definition) is 2. The Labute approximate surface area is 117 Å². The molecule has 1 aromatic rings. The summed E-state index contributed by atoms with van der Waals surface area (Å²) in [7, 11) is 0. The summed E-state index contributed by atoms with van der Waals surface area (Å²) in [5, 5.41) is 17.0. The first-order chi connectivity index (χ1) is 9.66. The predicted octanol–water partition coefficient (Wildman–Crippen LogP) is 1.76. The summed E-state index contributed by atoms with van der Waals surface area (Å²) in [6.07, 6.45) is 6.24. The van der Waals surface area contributed by atoms with Crippen molar-refractivity contribution in [2.24, 2.45) is 4.99 Å². The van der Waals surface area contributed by atoms with Crippen molar-refractivity contribution >= 4 is 5.84 Å². The number of aliphatic imine (C=N–C) groups is 1. The summed E-state index contributed by atoms with van der Waals surface area (Å²) in [6, 6.07) is 6.77. The molecule has 2 aliphatic rings. The van der Waals surface area contributed by atoms with Crippen molar-refractivity contribution in [1.29, 1.82) is 0 Å². The fourth-order valence-corrected chi connectivity index (χ4v) is 2.77. The van der Waals surface area contributed by atoms with Gasteiger partial charge < -0.3 is 10.5 Å². The first-order valence-corrected chi connectivity index (χ1v) is 6.87. The molecule has 0 amide bonds. The number of fused-ring (bicyclic) bond motifs is 1. The molecule has 1 aromatic carbocycles. The van der Waals surface area contributed by atoms with Crippen LogP contribution >= 0.6 is 0 Å². The molecule has 0 aromatic heterocycles. The van der Waals surface area contributed by atoms with E-state index in [9.17, 15) is 0 Å². The second-order valence-electron chi connectivity index (χ2n) is 4.93. The summed E-state index contributed by atoms with van der Waals surface area (Å²) in [5.74, 6) is 1.18. The lowest BCUT2D eigenvalue weighted by Crippen LogP contribution is -2.21. The van der Waals surface area contributed by atoms with Crippen molar-refractivity contribution in [3.05, 3.63) is 45.0 Å². The minimum atomic E-state index is -1.50. The van der Waals surface area contributed by atoms with Crippen molar-refractivity contribution < 1.29 is 10.3 Å². The molecule has 1 heterocycles. The minimum absolute atomic E-state index is 0.949.